The van der Waals surface area contributed by atoms with E-state index in [1.54, 1.807) is 0 Å². The molecule has 0 N–H and O–H groups in total. The van der Waals surface area contributed by atoms with Gasteiger partial charge in [0.05, 0.1) is 38.8 Å². The second kappa shape index (κ2) is 9.47. The normalized spacial score (nSPS) is 12.0. The quantitative estimate of drug-likeness (QED) is 0.195. The molecule has 10 aromatic rings. The van der Waals surface area contributed by atoms with Crippen LogP contribution in [0.25, 0.3) is 82.5 Å². The second-order valence-corrected chi connectivity index (χ2v) is 12.3. The van der Waals surface area contributed by atoms with E-state index in [4.69, 9.17) is 0 Å². The third-order valence-corrected chi connectivity index (χ3v) is 9.66. The third kappa shape index (κ3) is 3.37. The van der Waals surface area contributed by atoms with E-state index in [1.165, 1.54) is 88.0 Å². The van der Waals surface area contributed by atoms with Gasteiger partial charge in [-0.05, 0) is 73.2 Å². The zero-order valence-electron chi connectivity index (χ0n) is 25.4. The highest BCUT2D eigenvalue weighted by Gasteiger charge is 2.23. The zero-order chi connectivity index (χ0) is 30.4. The van der Waals surface area contributed by atoms with Gasteiger partial charge < -0.3 is 13.7 Å². The monoisotopic (exact) mass is 587 g/mol. The van der Waals surface area contributed by atoms with Crippen LogP contribution in [0, 0.1) is 6.92 Å². The SMILES string of the molecule is Cc1cccc(-n2c3ccccc3c3c(-n4c5ccccc5c5c4ccc4c6ccccc6n(-c6ccccc6)c45)cccc32)c1. The average molecular weight is 588 g/mol. The first-order chi connectivity index (χ1) is 22.8. The number of hydrogen-bond donors (Lipinski definition) is 0. The Labute approximate surface area is 265 Å². The van der Waals surface area contributed by atoms with Crippen LogP contribution >= 0.6 is 0 Å². The van der Waals surface area contributed by atoms with Crippen molar-refractivity contribution >= 4 is 65.4 Å². The van der Waals surface area contributed by atoms with Crippen LogP contribution < -0.4 is 0 Å². The van der Waals surface area contributed by atoms with Crippen molar-refractivity contribution in [2.24, 2.45) is 0 Å². The molecule has 3 heteroatoms. The van der Waals surface area contributed by atoms with Crippen LogP contribution in [0.15, 0.2) is 158 Å². The molecular weight excluding hydrogens is 558 g/mol. The van der Waals surface area contributed by atoms with Crippen molar-refractivity contribution in [3.8, 4) is 17.1 Å². The van der Waals surface area contributed by atoms with Crippen LogP contribution in [0.2, 0.25) is 0 Å². The highest BCUT2D eigenvalue weighted by atomic mass is 15.0. The van der Waals surface area contributed by atoms with Gasteiger partial charge >= 0.3 is 0 Å². The van der Waals surface area contributed by atoms with Gasteiger partial charge in [0.15, 0.2) is 0 Å². The molecule has 0 aliphatic rings. The van der Waals surface area contributed by atoms with Crippen LogP contribution in [-0.2, 0) is 0 Å². The highest BCUT2D eigenvalue weighted by Crippen LogP contribution is 2.44. The molecule has 3 nitrogen and oxygen atoms in total. The minimum Gasteiger partial charge on any atom is -0.309 e. The van der Waals surface area contributed by atoms with Crippen molar-refractivity contribution in [2.45, 2.75) is 6.92 Å². The molecule has 0 atom stereocenters. The smallest absolute Gasteiger partial charge is 0.0641 e. The number of rotatable bonds is 3. The Balaban J connectivity index is 1.40. The number of aromatic nitrogens is 3. The Kier molecular flexibility index (Phi) is 5.20. The lowest BCUT2D eigenvalue weighted by Gasteiger charge is -2.12. The average Bonchev–Trinajstić information content (AvgIpc) is 3.74. The van der Waals surface area contributed by atoms with Gasteiger partial charge in [0.1, 0.15) is 0 Å². The molecule has 3 aromatic heterocycles. The fourth-order valence-electron chi connectivity index (χ4n) is 7.85. The standard InChI is InChI=1S/C43H29N3/c1-28-13-11-16-30(27-28)44-36-21-9-6-18-33(36)41-38(44)23-12-24-39(41)46-37-22-10-7-19-34(37)42-40(46)26-25-32-31-17-5-8-20-35(31)45(43(32)42)29-14-3-2-4-15-29/h2-27H,1H3. The van der Waals surface area contributed by atoms with Crippen LogP contribution in [0.3, 0.4) is 0 Å². The summed E-state index contributed by atoms with van der Waals surface area (Å²) in [6.07, 6.45) is 0. The number of aryl methyl sites for hydroxylation is 1. The summed E-state index contributed by atoms with van der Waals surface area (Å²) in [7, 11) is 0. The molecule has 10 rings (SSSR count). The highest BCUT2D eigenvalue weighted by molar-refractivity contribution is 6.27. The maximum Gasteiger partial charge on any atom is 0.0641 e. The molecule has 46 heavy (non-hydrogen) atoms. The molecule has 0 unspecified atom stereocenters. The maximum absolute atomic E-state index is 2.49. The predicted octanol–water partition coefficient (Wildman–Crippen LogP) is 11.3. The molecule has 216 valence electrons. The summed E-state index contributed by atoms with van der Waals surface area (Å²) < 4.78 is 7.36. The van der Waals surface area contributed by atoms with E-state index < -0.39 is 0 Å². The Morgan fingerprint density at radius 3 is 1.67 bits per heavy atom. The summed E-state index contributed by atoms with van der Waals surface area (Å²) in [5.74, 6) is 0. The predicted molar refractivity (Wildman–Crippen MR) is 194 cm³/mol. The summed E-state index contributed by atoms with van der Waals surface area (Å²) in [5.41, 5.74) is 12.1. The minimum absolute atomic E-state index is 1.17. The van der Waals surface area contributed by atoms with Crippen LogP contribution in [0.1, 0.15) is 5.56 Å². The van der Waals surface area contributed by atoms with Gasteiger partial charge in [0, 0.05) is 43.7 Å². The number of nitrogens with zero attached hydrogens (tertiary/aromatic N) is 3. The molecular formula is C43H29N3. The number of hydrogen-bond acceptors (Lipinski definition) is 0. The van der Waals surface area contributed by atoms with Gasteiger partial charge in [-0.15, -0.1) is 0 Å². The van der Waals surface area contributed by atoms with Crippen molar-refractivity contribution in [2.75, 3.05) is 0 Å². The Bertz CT molecular complexity index is 2810. The van der Waals surface area contributed by atoms with E-state index in [1.807, 2.05) is 0 Å². The second-order valence-electron chi connectivity index (χ2n) is 12.3. The molecule has 0 amide bonds. The number of para-hydroxylation sites is 4. The van der Waals surface area contributed by atoms with E-state index in [9.17, 15) is 0 Å². The van der Waals surface area contributed by atoms with E-state index in [-0.39, 0.29) is 0 Å². The summed E-state index contributed by atoms with van der Waals surface area (Å²) in [6, 6.07) is 57.5. The Morgan fingerprint density at radius 2 is 0.913 bits per heavy atom. The van der Waals surface area contributed by atoms with E-state index in [0.717, 1.165) is 0 Å². The van der Waals surface area contributed by atoms with Crippen molar-refractivity contribution < 1.29 is 0 Å². The topological polar surface area (TPSA) is 14.8 Å². The molecule has 0 spiro atoms. The largest absolute Gasteiger partial charge is 0.309 e. The van der Waals surface area contributed by atoms with Crippen molar-refractivity contribution in [3.05, 3.63) is 163 Å². The van der Waals surface area contributed by atoms with Crippen molar-refractivity contribution in [1.29, 1.82) is 0 Å². The molecule has 7 aromatic carbocycles. The molecule has 3 heterocycles. The molecule has 0 saturated heterocycles. The first-order valence-electron chi connectivity index (χ1n) is 15.9. The molecule has 0 radical (unpaired) electrons. The van der Waals surface area contributed by atoms with Gasteiger partial charge in [0.25, 0.3) is 0 Å². The summed E-state index contributed by atoms with van der Waals surface area (Å²) in [6.45, 7) is 2.16. The first kappa shape index (κ1) is 25.3. The van der Waals surface area contributed by atoms with Gasteiger partial charge in [0.2, 0.25) is 0 Å². The van der Waals surface area contributed by atoms with Crippen molar-refractivity contribution in [3.63, 3.8) is 0 Å². The summed E-state index contributed by atoms with van der Waals surface area (Å²) >= 11 is 0. The molecule has 0 bridgehead atoms. The molecule has 0 aliphatic heterocycles. The van der Waals surface area contributed by atoms with Crippen molar-refractivity contribution in [1.82, 2.24) is 13.7 Å². The van der Waals surface area contributed by atoms with Gasteiger partial charge in [-0.3, -0.25) is 0 Å². The first-order valence-corrected chi connectivity index (χ1v) is 15.9. The molecule has 0 aliphatic carbocycles. The zero-order valence-corrected chi connectivity index (χ0v) is 25.4. The fourth-order valence-corrected chi connectivity index (χ4v) is 7.85. The number of benzene rings is 7. The van der Waals surface area contributed by atoms with Gasteiger partial charge in [-0.25, -0.2) is 0 Å². The lowest BCUT2D eigenvalue weighted by Crippen LogP contribution is -1.97. The third-order valence-electron chi connectivity index (χ3n) is 9.66. The minimum atomic E-state index is 1.17. The van der Waals surface area contributed by atoms with Crippen LogP contribution in [0.4, 0.5) is 0 Å². The Hall–Kier alpha value is -6.06. The number of fused-ring (bicyclic) bond motifs is 10. The maximum atomic E-state index is 2.49. The lowest BCUT2D eigenvalue weighted by molar-refractivity contribution is 1.16. The summed E-state index contributed by atoms with van der Waals surface area (Å²) in [4.78, 5) is 0. The fraction of sp³-hybridized carbons (Fsp3) is 0.0233. The lowest BCUT2D eigenvalue weighted by atomic mass is 10.1. The van der Waals surface area contributed by atoms with Crippen LogP contribution in [-0.4, -0.2) is 13.7 Å². The Morgan fingerprint density at radius 1 is 0.348 bits per heavy atom. The molecule has 0 saturated carbocycles. The van der Waals surface area contributed by atoms with E-state index in [0.29, 0.717) is 0 Å². The van der Waals surface area contributed by atoms with Crippen LogP contribution in [0.5, 0.6) is 0 Å². The van der Waals surface area contributed by atoms with E-state index >= 15 is 0 Å². The summed E-state index contributed by atoms with van der Waals surface area (Å²) in [5, 5.41) is 7.56. The van der Waals surface area contributed by atoms with Gasteiger partial charge in [-0.1, -0.05) is 97.1 Å². The van der Waals surface area contributed by atoms with Gasteiger partial charge in [-0.2, -0.15) is 0 Å². The van der Waals surface area contributed by atoms with E-state index in [2.05, 4.69) is 178 Å². The molecule has 0 fully saturated rings.